The van der Waals surface area contributed by atoms with Gasteiger partial charge in [-0.05, 0) is 36.4 Å². The fourth-order valence-corrected chi connectivity index (χ4v) is 2.64. The number of primary amides is 1. The number of imidazole rings is 1. The quantitative estimate of drug-likeness (QED) is 0.770. The van der Waals surface area contributed by atoms with Crippen molar-refractivity contribution in [3.63, 3.8) is 0 Å². The monoisotopic (exact) mass is 336 g/mol. The molecular weight excluding hydrogens is 316 g/mol. The molecule has 0 radical (unpaired) electrons. The van der Waals surface area contributed by atoms with Gasteiger partial charge in [-0.25, -0.2) is 4.98 Å². The second kappa shape index (κ2) is 6.05. The minimum Gasteiger partial charge on any atom is -0.366 e. The highest BCUT2D eigenvalue weighted by Gasteiger charge is 2.25. The number of nitrogens with two attached hydrogens (primary N) is 1. The molecule has 0 saturated heterocycles. The van der Waals surface area contributed by atoms with E-state index in [0.717, 1.165) is 11.3 Å². The van der Waals surface area contributed by atoms with Crippen LogP contribution in [0.1, 0.15) is 47.4 Å². The number of benzene rings is 1. The number of nitrogens with zero attached hydrogens (tertiary/aromatic N) is 2. The van der Waals surface area contributed by atoms with Crippen LogP contribution >= 0.6 is 0 Å². The van der Waals surface area contributed by atoms with Gasteiger partial charge in [0.05, 0.1) is 5.52 Å². The summed E-state index contributed by atoms with van der Waals surface area (Å²) in [6.45, 7) is 6.16. The van der Waals surface area contributed by atoms with E-state index in [0.29, 0.717) is 16.9 Å². The molecular formula is C19H20N4O2. The molecule has 3 rings (SSSR count). The Labute approximate surface area is 145 Å². The van der Waals surface area contributed by atoms with Gasteiger partial charge in [-0.2, -0.15) is 0 Å². The van der Waals surface area contributed by atoms with E-state index >= 15 is 0 Å². The number of fused-ring (bicyclic) bond motifs is 1. The van der Waals surface area contributed by atoms with Gasteiger partial charge in [-0.15, -0.1) is 0 Å². The van der Waals surface area contributed by atoms with Crippen LogP contribution in [0.3, 0.4) is 0 Å². The topological polar surface area (TPSA) is 89.5 Å². The molecule has 3 N–H and O–H groups in total. The molecule has 0 unspecified atom stereocenters. The van der Waals surface area contributed by atoms with Crippen molar-refractivity contribution in [1.82, 2.24) is 9.38 Å². The molecule has 6 nitrogen and oxygen atoms in total. The molecule has 0 aliphatic rings. The van der Waals surface area contributed by atoms with Gasteiger partial charge in [0, 0.05) is 22.9 Å². The van der Waals surface area contributed by atoms with E-state index in [1.807, 2.05) is 28.8 Å². The van der Waals surface area contributed by atoms with Crippen molar-refractivity contribution in [2.75, 3.05) is 5.32 Å². The average molecular weight is 336 g/mol. The molecule has 0 atom stereocenters. The molecule has 0 fully saturated rings. The number of aromatic nitrogens is 2. The highest BCUT2D eigenvalue weighted by Crippen LogP contribution is 2.25. The summed E-state index contributed by atoms with van der Waals surface area (Å²) >= 11 is 0. The van der Waals surface area contributed by atoms with Crippen LogP contribution in [0.5, 0.6) is 0 Å². The molecule has 0 spiro atoms. The number of rotatable bonds is 3. The Balaban J connectivity index is 1.96. The summed E-state index contributed by atoms with van der Waals surface area (Å²) in [6.07, 6.45) is 1.90. The molecule has 2 heterocycles. The molecule has 1 aromatic carbocycles. The van der Waals surface area contributed by atoms with Gasteiger partial charge in [0.2, 0.25) is 5.91 Å². The largest absolute Gasteiger partial charge is 0.366 e. The summed E-state index contributed by atoms with van der Waals surface area (Å²) < 4.78 is 1.94. The SMILES string of the molecule is CC(C)(C)c1nc(C(=O)Nc2ccc(C(N)=O)cc2)c2ccccn12. The van der Waals surface area contributed by atoms with E-state index in [-0.39, 0.29) is 11.3 Å². The number of anilines is 1. The summed E-state index contributed by atoms with van der Waals surface area (Å²) in [5.74, 6) is 0.0103. The third kappa shape index (κ3) is 3.24. The Bertz CT molecular complexity index is 950. The van der Waals surface area contributed by atoms with E-state index in [9.17, 15) is 9.59 Å². The van der Waals surface area contributed by atoms with Gasteiger partial charge in [0.1, 0.15) is 5.82 Å². The lowest BCUT2D eigenvalue weighted by molar-refractivity contribution is 0.0998. The van der Waals surface area contributed by atoms with Gasteiger partial charge in [0.15, 0.2) is 5.69 Å². The van der Waals surface area contributed by atoms with Crippen molar-refractivity contribution in [1.29, 1.82) is 0 Å². The Morgan fingerprint density at radius 2 is 1.76 bits per heavy atom. The molecule has 0 aliphatic carbocycles. The first-order valence-electron chi connectivity index (χ1n) is 7.96. The lowest BCUT2D eigenvalue weighted by Gasteiger charge is -2.16. The van der Waals surface area contributed by atoms with Crippen LogP contribution in [0.4, 0.5) is 5.69 Å². The number of carbonyl (C=O) groups excluding carboxylic acids is 2. The molecule has 0 aliphatic heterocycles. The maximum atomic E-state index is 12.7. The number of carbonyl (C=O) groups is 2. The minimum atomic E-state index is -0.507. The van der Waals surface area contributed by atoms with Crippen molar-refractivity contribution in [2.24, 2.45) is 5.73 Å². The van der Waals surface area contributed by atoms with E-state index < -0.39 is 5.91 Å². The smallest absolute Gasteiger partial charge is 0.276 e. The average Bonchev–Trinajstić information content (AvgIpc) is 2.95. The van der Waals surface area contributed by atoms with E-state index in [4.69, 9.17) is 5.73 Å². The molecule has 2 aromatic heterocycles. The third-order valence-corrected chi connectivity index (χ3v) is 3.86. The summed E-state index contributed by atoms with van der Waals surface area (Å²) in [6, 6.07) is 12.1. The normalized spacial score (nSPS) is 11.5. The predicted octanol–water partition coefficient (Wildman–Crippen LogP) is 2.98. The minimum absolute atomic E-state index is 0.202. The number of hydrogen-bond acceptors (Lipinski definition) is 3. The van der Waals surface area contributed by atoms with Gasteiger partial charge >= 0.3 is 0 Å². The van der Waals surface area contributed by atoms with Crippen molar-refractivity contribution in [3.8, 4) is 0 Å². The van der Waals surface area contributed by atoms with Crippen LogP contribution < -0.4 is 11.1 Å². The van der Waals surface area contributed by atoms with Crippen molar-refractivity contribution < 1.29 is 9.59 Å². The van der Waals surface area contributed by atoms with Crippen LogP contribution in [-0.4, -0.2) is 21.2 Å². The van der Waals surface area contributed by atoms with Crippen LogP contribution in [0.15, 0.2) is 48.7 Å². The summed E-state index contributed by atoms with van der Waals surface area (Å²) in [5, 5.41) is 2.81. The van der Waals surface area contributed by atoms with Gasteiger partial charge in [0.25, 0.3) is 5.91 Å². The van der Waals surface area contributed by atoms with Gasteiger partial charge in [-0.1, -0.05) is 26.8 Å². The molecule has 2 amide bonds. The molecule has 0 bridgehead atoms. The summed E-state index contributed by atoms with van der Waals surface area (Å²) in [5.41, 5.74) is 7.10. The van der Waals surface area contributed by atoms with E-state index in [1.54, 1.807) is 24.3 Å². The fourth-order valence-electron chi connectivity index (χ4n) is 2.64. The number of amides is 2. The Morgan fingerprint density at radius 1 is 1.08 bits per heavy atom. The molecule has 25 heavy (non-hydrogen) atoms. The van der Waals surface area contributed by atoms with E-state index in [2.05, 4.69) is 31.1 Å². The van der Waals surface area contributed by atoms with Crippen LogP contribution in [-0.2, 0) is 5.41 Å². The zero-order valence-electron chi connectivity index (χ0n) is 14.4. The Hall–Kier alpha value is -3.15. The molecule has 6 heteroatoms. The highest BCUT2D eigenvalue weighted by molar-refractivity contribution is 6.07. The van der Waals surface area contributed by atoms with Crippen molar-refractivity contribution >= 4 is 23.0 Å². The second-order valence-electron chi connectivity index (χ2n) is 6.89. The first-order chi connectivity index (χ1) is 11.8. The first kappa shape index (κ1) is 16.7. The van der Waals surface area contributed by atoms with Crippen LogP contribution in [0.2, 0.25) is 0 Å². The summed E-state index contributed by atoms with van der Waals surface area (Å²) in [7, 11) is 0. The maximum absolute atomic E-state index is 12.7. The highest BCUT2D eigenvalue weighted by atomic mass is 16.2. The summed E-state index contributed by atoms with van der Waals surface area (Å²) in [4.78, 5) is 28.4. The zero-order chi connectivity index (χ0) is 18.2. The molecule has 0 saturated carbocycles. The fraction of sp³-hybridized carbons (Fsp3) is 0.211. The predicted molar refractivity (Wildman–Crippen MR) is 96.8 cm³/mol. The third-order valence-electron chi connectivity index (χ3n) is 3.86. The number of pyridine rings is 1. The number of hydrogen-bond donors (Lipinski definition) is 2. The Morgan fingerprint density at radius 3 is 2.36 bits per heavy atom. The molecule has 128 valence electrons. The van der Waals surface area contributed by atoms with Crippen LogP contribution in [0.25, 0.3) is 5.52 Å². The van der Waals surface area contributed by atoms with Crippen molar-refractivity contribution in [2.45, 2.75) is 26.2 Å². The second-order valence-corrected chi connectivity index (χ2v) is 6.89. The van der Waals surface area contributed by atoms with Crippen LogP contribution in [0, 0.1) is 0 Å². The lowest BCUT2D eigenvalue weighted by atomic mass is 9.96. The first-order valence-corrected chi connectivity index (χ1v) is 7.96. The van der Waals surface area contributed by atoms with Gasteiger partial charge in [-0.3, -0.25) is 9.59 Å². The van der Waals surface area contributed by atoms with Gasteiger partial charge < -0.3 is 15.5 Å². The standard InChI is InChI=1S/C19H20N4O2/c1-19(2,3)18-22-15(14-6-4-5-11-23(14)18)17(25)21-13-9-7-12(8-10-13)16(20)24/h4-11H,1-3H3,(H2,20,24)(H,21,25). The Kier molecular flexibility index (Phi) is 4.04. The van der Waals surface area contributed by atoms with E-state index in [1.165, 1.54) is 0 Å². The maximum Gasteiger partial charge on any atom is 0.276 e. The zero-order valence-corrected chi connectivity index (χ0v) is 14.4. The lowest BCUT2D eigenvalue weighted by Crippen LogP contribution is -2.17. The van der Waals surface area contributed by atoms with Crippen molar-refractivity contribution in [3.05, 3.63) is 65.7 Å². The molecule has 3 aromatic rings. The number of nitrogens with one attached hydrogen (secondary N) is 1.